The molecule has 0 saturated carbocycles. The monoisotopic (exact) mass is 475 g/mol. The largest absolute Gasteiger partial charge is 0.461 e. The van der Waals surface area contributed by atoms with Crippen LogP contribution in [-0.2, 0) is 9.53 Å². The molecule has 0 unspecified atom stereocenters. The summed E-state index contributed by atoms with van der Waals surface area (Å²) in [6.45, 7) is 5.76. The molecule has 4 aromatic rings. The molecule has 1 amide bonds. The van der Waals surface area contributed by atoms with E-state index in [1.165, 1.54) is 16.0 Å². The first-order valence-corrected chi connectivity index (χ1v) is 12.0. The Morgan fingerprint density at radius 1 is 1.09 bits per heavy atom. The molecule has 0 aliphatic heterocycles. The maximum absolute atomic E-state index is 13.5. The predicted molar refractivity (Wildman–Crippen MR) is 134 cm³/mol. The molecule has 174 valence electrons. The molecule has 1 N–H and O–H groups in total. The van der Waals surface area contributed by atoms with E-state index in [2.05, 4.69) is 10.4 Å². The number of anilines is 1. The molecule has 2 heterocycles. The highest BCUT2D eigenvalue weighted by Crippen LogP contribution is 2.32. The molecular formula is C26H25N3O4S. The van der Waals surface area contributed by atoms with E-state index < -0.39 is 11.5 Å². The molecule has 0 aliphatic rings. The molecule has 8 heteroatoms. The summed E-state index contributed by atoms with van der Waals surface area (Å²) in [6.07, 6.45) is 0.600. The lowest BCUT2D eigenvalue weighted by Crippen LogP contribution is -2.26. The molecule has 4 rings (SSSR count). The highest BCUT2D eigenvalue weighted by Gasteiger charge is 2.25. The summed E-state index contributed by atoms with van der Waals surface area (Å²) in [7, 11) is 0. The smallest absolute Gasteiger partial charge is 0.359 e. The van der Waals surface area contributed by atoms with Gasteiger partial charge in [-0.05, 0) is 38.0 Å². The van der Waals surface area contributed by atoms with Crippen LogP contribution in [0.4, 0.5) is 5.00 Å². The van der Waals surface area contributed by atoms with Gasteiger partial charge >= 0.3 is 5.97 Å². The molecule has 0 fully saturated rings. The van der Waals surface area contributed by atoms with Crippen LogP contribution in [0.3, 0.4) is 0 Å². The Hall–Kier alpha value is -3.78. The van der Waals surface area contributed by atoms with E-state index in [-0.39, 0.29) is 29.5 Å². The van der Waals surface area contributed by atoms with Crippen LogP contribution in [0.1, 0.15) is 47.8 Å². The summed E-state index contributed by atoms with van der Waals surface area (Å²) in [5, 5.41) is 9.90. The van der Waals surface area contributed by atoms with Crippen LogP contribution < -0.4 is 10.9 Å². The van der Waals surface area contributed by atoms with Crippen LogP contribution in [0, 0.1) is 6.92 Å². The van der Waals surface area contributed by atoms with Crippen molar-refractivity contribution < 1.29 is 14.3 Å². The minimum Gasteiger partial charge on any atom is -0.461 e. The topological polar surface area (TPSA) is 90.3 Å². The van der Waals surface area contributed by atoms with E-state index >= 15 is 0 Å². The first-order chi connectivity index (χ1) is 16.4. The fourth-order valence-electron chi connectivity index (χ4n) is 3.81. The van der Waals surface area contributed by atoms with Gasteiger partial charge in [0.05, 0.1) is 23.6 Å². The molecule has 2 aromatic heterocycles. The Bertz CT molecular complexity index is 1390. The quantitative estimate of drug-likeness (QED) is 0.377. The number of benzene rings is 2. The summed E-state index contributed by atoms with van der Waals surface area (Å²) < 4.78 is 6.38. The highest BCUT2D eigenvalue weighted by molar-refractivity contribution is 7.16. The number of ether oxygens (including phenoxy) is 1. The fraction of sp³-hybridized carbons (Fsp3) is 0.231. The maximum Gasteiger partial charge on any atom is 0.359 e. The summed E-state index contributed by atoms with van der Waals surface area (Å²) >= 11 is 1.19. The number of hydrogen-bond donors (Lipinski definition) is 1. The average Bonchev–Trinajstić information content (AvgIpc) is 3.25. The van der Waals surface area contributed by atoms with Gasteiger partial charge in [-0.3, -0.25) is 9.59 Å². The van der Waals surface area contributed by atoms with Crippen molar-refractivity contribution in [2.75, 3.05) is 11.9 Å². The zero-order chi connectivity index (χ0) is 24.2. The Balaban J connectivity index is 1.84. The Morgan fingerprint density at radius 2 is 1.79 bits per heavy atom. The summed E-state index contributed by atoms with van der Waals surface area (Å²) in [6, 6.07) is 16.8. The van der Waals surface area contributed by atoms with Gasteiger partial charge in [0.1, 0.15) is 5.00 Å². The molecule has 0 bridgehead atoms. The third-order valence-corrected chi connectivity index (χ3v) is 6.46. The van der Waals surface area contributed by atoms with Crippen LogP contribution >= 0.6 is 11.3 Å². The van der Waals surface area contributed by atoms with Crippen molar-refractivity contribution in [2.24, 2.45) is 0 Å². The number of rotatable bonds is 7. The minimum absolute atomic E-state index is 0.0314. The van der Waals surface area contributed by atoms with Gasteiger partial charge in [-0.2, -0.15) is 9.78 Å². The van der Waals surface area contributed by atoms with Crippen LogP contribution in [0.2, 0.25) is 0 Å². The normalized spacial score (nSPS) is 11.9. The molecule has 34 heavy (non-hydrogen) atoms. The molecule has 7 nitrogen and oxygen atoms in total. The molecule has 0 aliphatic carbocycles. The van der Waals surface area contributed by atoms with Gasteiger partial charge in [0, 0.05) is 10.8 Å². The zero-order valence-corrected chi connectivity index (χ0v) is 20.0. The van der Waals surface area contributed by atoms with Gasteiger partial charge in [-0.25, -0.2) is 4.79 Å². The van der Waals surface area contributed by atoms with E-state index in [4.69, 9.17) is 4.74 Å². The first-order valence-electron chi connectivity index (χ1n) is 11.1. The van der Waals surface area contributed by atoms with Crippen molar-refractivity contribution in [3.63, 3.8) is 0 Å². The third kappa shape index (κ3) is 4.49. The van der Waals surface area contributed by atoms with Gasteiger partial charge in [0.25, 0.3) is 5.56 Å². The number of amides is 1. The van der Waals surface area contributed by atoms with Crippen LogP contribution in [0.5, 0.6) is 0 Å². The van der Waals surface area contributed by atoms with E-state index in [1.54, 1.807) is 24.4 Å². The molecule has 0 saturated heterocycles. The molecule has 2 aromatic carbocycles. The second-order valence-corrected chi connectivity index (χ2v) is 8.72. The Morgan fingerprint density at radius 3 is 2.44 bits per heavy atom. The van der Waals surface area contributed by atoms with Crippen LogP contribution in [0.15, 0.2) is 64.8 Å². The number of aryl methyl sites for hydroxylation is 1. The third-order valence-electron chi connectivity index (χ3n) is 5.56. The van der Waals surface area contributed by atoms with Crippen molar-refractivity contribution >= 4 is 39.0 Å². The van der Waals surface area contributed by atoms with Crippen molar-refractivity contribution in [3.05, 3.63) is 87.2 Å². The summed E-state index contributed by atoms with van der Waals surface area (Å²) in [5.41, 5.74) is 2.05. The van der Waals surface area contributed by atoms with Crippen LogP contribution in [-0.4, -0.2) is 28.3 Å². The van der Waals surface area contributed by atoms with Gasteiger partial charge in [-0.1, -0.05) is 55.0 Å². The number of fused-ring (bicyclic) bond motifs is 1. The maximum atomic E-state index is 13.5. The second kappa shape index (κ2) is 10.0. The average molecular weight is 476 g/mol. The fourth-order valence-corrected chi connectivity index (χ4v) is 4.75. The number of esters is 1. The number of carbonyl (C=O) groups is 2. The van der Waals surface area contributed by atoms with Crippen molar-refractivity contribution in [2.45, 2.75) is 33.1 Å². The predicted octanol–water partition coefficient (Wildman–Crippen LogP) is 5.06. The number of nitrogens with one attached hydrogen (secondary N) is 1. The lowest BCUT2D eigenvalue weighted by Gasteiger charge is -2.15. The van der Waals surface area contributed by atoms with E-state index in [0.717, 1.165) is 11.1 Å². The van der Waals surface area contributed by atoms with Gasteiger partial charge in [-0.15, -0.1) is 11.3 Å². The summed E-state index contributed by atoms with van der Waals surface area (Å²) in [4.78, 5) is 39.4. The van der Waals surface area contributed by atoms with Crippen molar-refractivity contribution in [3.8, 4) is 5.69 Å². The highest BCUT2D eigenvalue weighted by atomic mass is 32.1. The number of carbonyl (C=O) groups excluding carboxylic acids is 2. The Labute approximate surface area is 201 Å². The lowest BCUT2D eigenvalue weighted by molar-refractivity contribution is -0.117. The van der Waals surface area contributed by atoms with Gasteiger partial charge in [0.15, 0.2) is 5.69 Å². The van der Waals surface area contributed by atoms with E-state index in [1.807, 2.05) is 56.3 Å². The SMILES string of the molecule is CCOC(=O)c1nn(-c2ccc(C)cc2)c(=O)c2c(NC(=O)[C@@H](CC)c3ccccc3)scc12. The number of thiophene rings is 1. The van der Waals surface area contributed by atoms with Crippen molar-refractivity contribution in [1.29, 1.82) is 0 Å². The molecule has 0 spiro atoms. The van der Waals surface area contributed by atoms with Gasteiger partial charge in [0.2, 0.25) is 5.91 Å². The van der Waals surface area contributed by atoms with Crippen molar-refractivity contribution in [1.82, 2.24) is 9.78 Å². The number of nitrogens with zero attached hydrogens (tertiary/aromatic N) is 2. The second-order valence-electron chi connectivity index (χ2n) is 7.84. The standard InChI is InChI=1S/C26H25N3O4S/c1-4-19(17-9-7-6-8-10-17)23(30)27-24-21-20(15-34-24)22(26(32)33-5-2)28-29(25(21)31)18-13-11-16(3)12-14-18/h6-15,19H,4-5H2,1-3H3,(H,27,30)/t19-/m0/s1. The zero-order valence-electron chi connectivity index (χ0n) is 19.2. The molecular weight excluding hydrogens is 450 g/mol. The number of aromatic nitrogens is 2. The molecule has 0 radical (unpaired) electrons. The minimum atomic E-state index is -0.625. The van der Waals surface area contributed by atoms with Crippen LogP contribution in [0.25, 0.3) is 16.5 Å². The number of hydrogen-bond acceptors (Lipinski definition) is 6. The van der Waals surface area contributed by atoms with E-state index in [0.29, 0.717) is 22.5 Å². The molecule has 1 atom stereocenters. The summed E-state index contributed by atoms with van der Waals surface area (Å²) in [5.74, 6) is -1.21. The Kier molecular flexibility index (Phi) is 6.88. The lowest BCUT2D eigenvalue weighted by atomic mass is 9.96. The van der Waals surface area contributed by atoms with E-state index in [9.17, 15) is 14.4 Å². The van der Waals surface area contributed by atoms with Gasteiger partial charge < -0.3 is 10.1 Å². The first kappa shape index (κ1) is 23.4.